The lowest BCUT2D eigenvalue weighted by Gasteiger charge is -2.21. The van der Waals surface area contributed by atoms with Crippen LogP contribution in [0.25, 0.3) is 0 Å². The van der Waals surface area contributed by atoms with Gasteiger partial charge in [-0.1, -0.05) is 28.1 Å². The lowest BCUT2D eigenvalue weighted by Crippen LogP contribution is -2.30. The van der Waals surface area contributed by atoms with Crippen molar-refractivity contribution < 1.29 is 4.79 Å². The van der Waals surface area contributed by atoms with E-state index in [1.54, 1.807) is 0 Å². The summed E-state index contributed by atoms with van der Waals surface area (Å²) in [4.78, 5) is 14.7. The highest BCUT2D eigenvalue weighted by Gasteiger charge is 2.33. The molecule has 0 bridgehead atoms. The summed E-state index contributed by atoms with van der Waals surface area (Å²) in [5.74, 6) is 1.19. The Hall–Kier alpha value is -0.670. The van der Waals surface area contributed by atoms with Crippen LogP contribution in [-0.4, -0.2) is 29.8 Å². The van der Waals surface area contributed by atoms with Crippen LogP contribution < -0.4 is 0 Å². The lowest BCUT2D eigenvalue weighted by atomic mass is 10.1. The molecule has 1 aromatic rings. The molecule has 2 aliphatic carbocycles. The zero-order valence-corrected chi connectivity index (χ0v) is 12.7. The summed E-state index contributed by atoms with van der Waals surface area (Å²) < 4.78 is 1.03. The first-order valence-electron chi connectivity index (χ1n) is 7.25. The van der Waals surface area contributed by atoms with Gasteiger partial charge in [-0.3, -0.25) is 9.69 Å². The summed E-state index contributed by atoms with van der Waals surface area (Å²) in [6, 6.07) is 8.48. The van der Waals surface area contributed by atoms with Gasteiger partial charge < -0.3 is 0 Å². The molecular formula is C16H20BrNO. The molecule has 2 nitrogen and oxygen atoms in total. The summed E-state index contributed by atoms with van der Waals surface area (Å²) in [6.07, 6.45) is 6.11. The van der Waals surface area contributed by atoms with E-state index in [4.69, 9.17) is 0 Å². The smallest absolute Gasteiger partial charge is 0.164 e. The second-order valence-corrected chi connectivity index (χ2v) is 6.77. The maximum absolute atomic E-state index is 12.2. The summed E-state index contributed by atoms with van der Waals surface area (Å²) in [7, 11) is 0. The van der Waals surface area contributed by atoms with E-state index in [1.807, 2.05) is 24.3 Å². The minimum Gasteiger partial charge on any atom is -0.300 e. The van der Waals surface area contributed by atoms with Crippen molar-refractivity contribution in [3.63, 3.8) is 0 Å². The number of Topliss-reactive ketones (excluding diaryl/α,β-unsaturated/α-hetero) is 1. The fourth-order valence-corrected chi connectivity index (χ4v) is 2.78. The van der Waals surface area contributed by atoms with E-state index >= 15 is 0 Å². The first-order valence-corrected chi connectivity index (χ1v) is 8.04. The SMILES string of the molecule is O=C(CCN(CC1CC1)C1CC1)c1ccc(Br)cc1. The van der Waals surface area contributed by atoms with Crippen LogP contribution in [0, 0.1) is 5.92 Å². The molecule has 0 unspecified atom stereocenters. The predicted octanol–water partition coefficient (Wildman–Crippen LogP) is 3.90. The highest BCUT2D eigenvalue weighted by molar-refractivity contribution is 9.10. The van der Waals surface area contributed by atoms with Gasteiger partial charge in [0, 0.05) is 35.6 Å². The number of hydrogen-bond acceptors (Lipinski definition) is 2. The van der Waals surface area contributed by atoms with Crippen molar-refractivity contribution in [1.82, 2.24) is 4.90 Å². The standard InChI is InChI=1S/C16H20BrNO/c17-14-5-3-13(4-6-14)16(19)9-10-18(15-7-8-15)11-12-1-2-12/h3-6,12,15H,1-2,7-11H2. The summed E-state index contributed by atoms with van der Waals surface area (Å²) in [5.41, 5.74) is 0.838. The number of rotatable bonds is 7. The van der Waals surface area contributed by atoms with Gasteiger partial charge in [0.15, 0.2) is 5.78 Å². The number of hydrogen-bond donors (Lipinski definition) is 0. The molecule has 3 rings (SSSR count). The zero-order valence-electron chi connectivity index (χ0n) is 11.1. The van der Waals surface area contributed by atoms with Crippen LogP contribution in [-0.2, 0) is 0 Å². The maximum Gasteiger partial charge on any atom is 0.164 e. The molecule has 19 heavy (non-hydrogen) atoms. The Labute approximate surface area is 123 Å². The van der Waals surface area contributed by atoms with Crippen LogP contribution in [0.15, 0.2) is 28.7 Å². The average molecular weight is 322 g/mol. The Balaban J connectivity index is 1.52. The van der Waals surface area contributed by atoms with Crippen molar-refractivity contribution in [2.75, 3.05) is 13.1 Å². The van der Waals surface area contributed by atoms with Crippen molar-refractivity contribution in [2.24, 2.45) is 5.92 Å². The van der Waals surface area contributed by atoms with Crippen molar-refractivity contribution in [3.8, 4) is 0 Å². The Morgan fingerprint density at radius 1 is 1.16 bits per heavy atom. The number of nitrogens with zero attached hydrogens (tertiary/aromatic N) is 1. The Bertz CT molecular complexity index is 448. The van der Waals surface area contributed by atoms with Crippen molar-refractivity contribution in [2.45, 2.75) is 38.1 Å². The Morgan fingerprint density at radius 3 is 2.42 bits per heavy atom. The fourth-order valence-electron chi connectivity index (χ4n) is 2.52. The largest absolute Gasteiger partial charge is 0.300 e. The lowest BCUT2D eigenvalue weighted by molar-refractivity contribution is 0.0961. The summed E-state index contributed by atoms with van der Waals surface area (Å²) >= 11 is 3.40. The monoisotopic (exact) mass is 321 g/mol. The van der Waals surface area contributed by atoms with E-state index in [9.17, 15) is 4.79 Å². The normalized spacial score (nSPS) is 18.8. The summed E-state index contributed by atoms with van der Waals surface area (Å²) in [5, 5.41) is 0. The molecule has 3 heteroatoms. The van der Waals surface area contributed by atoms with Gasteiger partial charge in [0.25, 0.3) is 0 Å². The molecule has 0 aromatic heterocycles. The molecule has 0 heterocycles. The first-order chi connectivity index (χ1) is 9.22. The van der Waals surface area contributed by atoms with Gasteiger partial charge in [-0.25, -0.2) is 0 Å². The van der Waals surface area contributed by atoms with Gasteiger partial charge in [-0.15, -0.1) is 0 Å². The molecule has 1 aromatic carbocycles. The van der Waals surface area contributed by atoms with Gasteiger partial charge in [0.1, 0.15) is 0 Å². The summed E-state index contributed by atoms with van der Waals surface area (Å²) in [6.45, 7) is 2.16. The van der Waals surface area contributed by atoms with Gasteiger partial charge >= 0.3 is 0 Å². The number of carbonyl (C=O) groups excluding carboxylic acids is 1. The van der Waals surface area contributed by atoms with E-state index in [1.165, 1.54) is 32.2 Å². The van der Waals surface area contributed by atoms with Crippen molar-refractivity contribution in [1.29, 1.82) is 0 Å². The fraction of sp³-hybridized carbons (Fsp3) is 0.562. The van der Waals surface area contributed by atoms with Gasteiger partial charge in [-0.05, 0) is 43.7 Å². The molecule has 2 aliphatic rings. The first kappa shape index (κ1) is 13.3. The van der Waals surface area contributed by atoms with Crippen molar-refractivity contribution in [3.05, 3.63) is 34.3 Å². The van der Waals surface area contributed by atoms with Gasteiger partial charge in [-0.2, -0.15) is 0 Å². The van der Waals surface area contributed by atoms with Crippen molar-refractivity contribution >= 4 is 21.7 Å². The van der Waals surface area contributed by atoms with E-state index in [0.29, 0.717) is 6.42 Å². The van der Waals surface area contributed by atoms with E-state index in [0.717, 1.165) is 28.5 Å². The predicted molar refractivity (Wildman–Crippen MR) is 80.4 cm³/mol. The third-order valence-electron chi connectivity index (χ3n) is 4.05. The number of ketones is 1. The van der Waals surface area contributed by atoms with E-state index in [-0.39, 0.29) is 5.78 Å². The quantitative estimate of drug-likeness (QED) is 0.710. The maximum atomic E-state index is 12.2. The molecule has 2 fully saturated rings. The minimum atomic E-state index is 0.272. The van der Waals surface area contributed by atoms with Crippen LogP contribution in [0.1, 0.15) is 42.5 Å². The number of carbonyl (C=O) groups is 1. The molecule has 0 N–H and O–H groups in total. The topological polar surface area (TPSA) is 20.3 Å². The van der Waals surface area contributed by atoms with Crippen LogP contribution in [0.4, 0.5) is 0 Å². The third kappa shape index (κ3) is 3.90. The molecule has 0 amide bonds. The molecule has 102 valence electrons. The molecular weight excluding hydrogens is 302 g/mol. The highest BCUT2D eigenvalue weighted by atomic mass is 79.9. The van der Waals surface area contributed by atoms with E-state index < -0.39 is 0 Å². The van der Waals surface area contributed by atoms with Crippen LogP contribution >= 0.6 is 15.9 Å². The average Bonchev–Trinajstić information content (AvgIpc) is 3.27. The molecule has 0 saturated heterocycles. The molecule has 0 atom stereocenters. The molecule has 0 aliphatic heterocycles. The minimum absolute atomic E-state index is 0.272. The van der Waals surface area contributed by atoms with Crippen LogP contribution in [0.2, 0.25) is 0 Å². The third-order valence-corrected chi connectivity index (χ3v) is 4.57. The van der Waals surface area contributed by atoms with Gasteiger partial charge in [0.2, 0.25) is 0 Å². The number of benzene rings is 1. The number of halogens is 1. The molecule has 2 saturated carbocycles. The molecule has 0 spiro atoms. The zero-order chi connectivity index (χ0) is 13.2. The van der Waals surface area contributed by atoms with Crippen LogP contribution in [0.3, 0.4) is 0 Å². The second-order valence-electron chi connectivity index (χ2n) is 5.85. The Kier molecular flexibility index (Phi) is 4.04. The molecule has 0 radical (unpaired) electrons. The van der Waals surface area contributed by atoms with Gasteiger partial charge in [0.05, 0.1) is 0 Å². The van der Waals surface area contributed by atoms with E-state index in [2.05, 4.69) is 20.8 Å². The van der Waals surface area contributed by atoms with Crippen LogP contribution in [0.5, 0.6) is 0 Å². The Morgan fingerprint density at radius 2 is 1.84 bits per heavy atom. The second kappa shape index (κ2) is 5.76. The highest BCUT2D eigenvalue weighted by Crippen LogP contribution is 2.34.